The van der Waals surface area contributed by atoms with Crippen LogP contribution >= 0.6 is 0 Å². The minimum atomic E-state index is -1.30. The van der Waals surface area contributed by atoms with Gasteiger partial charge in [-0.2, -0.15) is 5.10 Å². The summed E-state index contributed by atoms with van der Waals surface area (Å²) in [5.41, 5.74) is -0.788. The molecule has 0 bridgehead atoms. The molecule has 0 saturated carbocycles. The minimum absolute atomic E-state index is 0.341. The van der Waals surface area contributed by atoms with E-state index in [0.29, 0.717) is 12.2 Å². The second kappa shape index (κ2) is 3.57. The van der Waals surface area contributed by atoms with Crippen molar-refractivity contribution >= 4 is 5.97 Å². The van der Waals surface area contributed by atoms with Crippen molar-refractivity contribution in [3.63, 3.8) is 0 Å². The Bertz CT molecular complexity index is 284. The normalized spacial score (nSPS) is 15.2. The summed E-state index contributed by atoms with van der Waals surface area (Å²) in [5, 5.41) is 15.2. The number of nitrogens with one attached hydrogen (secondary N) is 1. The van der Waals surface area contributed by atoms with Gasteiger partial charge in [0.2, 0.25) is 0 Å². The van der Waals surface area contributed by atoms with E-state index in [1.54, 1.807) is 6.92 Å². The maximum atomic E-state index is 10.9. The van der Waals surface area contributed by atoms with Crippen LogP contribution in [0.15, 0.2) is 12.4 Å². The van der Waals surface area contributed by atoms with Crippen molar-refractivity contribution in [1.82, 2.24) is 10.2 Å². The Morgan fingerprint density at radius 2 is 2.54 bits per heavy atom. The summed E-state index contributed by atoms with van der Waals surface area (Å²) in [6.07, 6.45) is 2.97. The van der Waals surface area contributed by atoms with Crippen LogP contribution < -0.4 is 0 Å². The number of aliphatic carboxylic acids is 1. The Labute approximate surface area is 75.7 Å². The Balaban J connectivity index is 2.98. The quantitative estimate of drug-likeness (QED) is 0.723. The zero-order chi connectivity index (χ0) is 9.90. The Morgan fingerprint density at radius 1 is 1.85 bits per heavy atom. The summed E-state index contributed by atoms with van der Waals surface area (Å²) < 4.78 is 5.18. The lowest BCUT2D eigenvalue weighted by Crippen LogP contribution is -2.35. The lowest BCUT2D eigenvalue weighted by atomic mass is 10.00. The molecular weight excluding hydrogens is 172 g/mol. The lowest BCUT2D eigenvalue weighted by molar-refractivity contribution is -0.164. The van der Waals surface area contributed by atoms with Crippen LogP contribution in [0.25, 0.3) is 0 Å². The molecule has 1 unspecified atom stereocenters. The van der Waals surface area contributed by atoms with E-state index in [1.807, 2.05) is 0 Å². The SMILES string of the molecule is CCOC(C)(C(=O)O)c1cn[nH]c1. The van der Waals surface area contributed by atoms with Crippen molar-refractivity contribution in [3.05, 3.63) is 18.0 Å². The molecule has 0 fully saturated rings. The van der Waals surface area contributed by atoms with E-state index in [0.717, 1.165) is 0 Å². The van der Waals surface area contributed by atoms with Crippen LogP contribution in [0.2, 0.25) is 0 Å². The molecule has 1 heterocycles. The molecule has 0 spiro atoms. The van der Waals surface area contributed by atoms with Crippen LogP contribution in [0, 0.1) is 0 Å². The number of aromatic nitrogens is 2. The van der Waals surface area contributed by atoms with Gasteiger partial charge in [-0.05, 0) is 13.8 Å². The topological polar surface area (TPSA) is 75.2 Å². The fourth-order valence-electron chi connectivity index (χ4n) is 1.07. The molecular formula is C8H12N2O3. The predicted molar refractivity (Wildman–Crippen MR) is 45.2 cm³/mol. The number of hydrogen-bond acceptors (Lipinski definition) is 3. The third-order valence-electron chi connectivity index (χ3n) is 1.89. The Kier molecular flexibility index (Phi) is 2.67. The first-order chi connectivity index (χ1) is 6.11. The first kappa shape index (κ1) is 9.73. The number of ether oxygens (including phenoxy) is 1. The largest absolute Gasteiger partial charge is 0.479 e. The van der Waals surface area contributed by atoms with Crippen LogP contribution in [-0.4, -0.2) is 27.9 Å². The van der Waals surface area contributed by atoms with Crippen LogP contribution in [0.4, 0.5) is 0 Å². The molecule has 0 aliphatic heterocycles. The van der Waals surface area contributed by atoms with Crippen molar-refractivity contribution in [2.45, 2.75) is 19.4 Å². The van der Waals surface area contributed by atoms with Crippen LogP contribution in [0.5, 0.6) is 0 Å². The molecule has 0 aromatic carbocycles. The second-order valence-electron chi connectivity index (χ2n) is 2.76. The highest BCUT2D eigenvalue weighted by Gasteiger charge is 2.36. The van der Waals surface area contributed by atoms with E-state index in [2.05, 4.69) is 10.2 Å². The molecule has 0 aliphatic carbocycles. The van der Waals surface area contributed by atoms with Crippen molar-refractivity contribution in [1.29, 1.82) is 0 Å². The summed E-state index contributed by atoms with van der Waals surface area (Å²) in [4.78, 5) is 10.9. The molecule has 0 amide bonds. The predicted octanol–water partition coefficient (Wildman–Crippen LogP) is 0.746. The number of hydrogen-bond donors (Lipinski definition) is 2. The number of carboxylic acid groups (broad SMARTS) is 1. The molecule has 1 aromatic heterocycles. The molecule has 5 heteroatoms. The van der Waals surface area contributed by atoms with Crippen LogP contribution in [0.1, 0.15) is 19.4 Å². The van der Waals surface area contributed by atoms with Gasteiger partial charge in [-0.15, -0.1) is 0 Å². The van der Waals surface area contributed by atoms with Gasteiger partial charge >= 0.3 is 5.97 Å². The van der Waals surface area contributed by atoms with Crippen molar-refractivity contribution < 1.29 is 14.6 Å². The van der Waals surface area contributed by atoms with Gasteiger partial charge in [0.15, 0.2) is 5.60 Å². The maximum absolute atomic E-state index is 10.9. The number of carbonyl (C=O) groups is 1. The van der Waals surface area contributed by atoms with Gasteiger partial charge in [0.25, 0.3) is 0 Å². The van der Waals surface area contributed by atoms with Gasteiger partial charge in [0.05, 0.1) is 6.20 Å². The zero-order valence-electron chi connectivity index (χ0n) is 7.57. The first-order valence-corrected chi connectivity index (χ1v) is 3.98. The zero-order valence-corrected chi connectivity index (χ0v) is 7.57. The fraction of sp³-hybridized carbons (Fsp3) is 0.500. The van der Waals surface area contributed by atoms with E-state index in [-0.39, 0.29) is 0 Å². The highest BCUT2D eigenvalue weighted by molar-refractivity contribution is 5.78. The van der Waals surface area contributed by atoms with E-state index in [1.165, 1.54) is 19.3 Å². The summed E-state index contributed by atoms with van der Waals surface area (Å²) in [6, 6.07) is 0. The maximum Gasteiger partial charge on any atom is 0.340 e. The molecule has 0 aliphatic rings. The van der Waals surface area contributed by atoms with Crippen molar-refractivity contribution in [2.24, 2.45) is 0 Å². The van der Waals surface area contributed by atoms with Crippen molar-refractivity contribution in [3.8, 4) is 0 Å². The van der Waals surface area contributed by atoms with E-state index < -0.39 is 11.6 Å². The Morgan fingerprint density at radius 3 is 2.92 bits per heavy atom. The van der Waals surface area contributed by atoms with Gasteiger partial charge in [-0.1, -0.05) is 0 Å². The van der Waals surface area contributed by atoms with Crippen LogP contribution in [-0.2, 0) is 15.1 Å². The first-order valence-electron chi connectivity index (χ1n) is 3.98. The van der Waals surface area contributed by atoms with E-state index in [9.17, 15) is 4.79 Å². The van der Waals surface area contributed by atoms with Gasteiger partial charge in [-0.25, -0.2) is 4.79 Å². The third kappa shape index (κ3) is 1.70. The monoisotopic (exact) mass is 184 g/mol. The smallest absolute Gasteiger partial charge is 0.340 e. The highest BCUT2D eigenvalue weighted by Crippen LogP contribution is 2.24. The summed E-state index contributed by atoms with van der Waals surface area (Å²) >= 11 is 0. The molecule has 2 N–H and O–H groups in total. The molecule has 5 nitrogen and oxygen atoms in total. The summed E-state index contributed by atoms with van der Waals surface area (Å²) in [6.45, 7) is 3.60. The van der Waals surface area contributed by atoms with E-state index >= 15 is 0 Å². The number of carboxylic acids is 1. The minimum Gasteiger partial charge on any atom is -0.479 e. The Hall–Kier alpha value is -1.36. The van der Waals surface area contributed by atoms with Crippen LogP contribution in [0.3, 0.4) is 0 Å². The standard InChI is InChI=1S/C8H12N2O3/c1-3-13-8(2,7(11)12)6-4-9-10-5-6/h4-5H,3H2,1-2H3,(H,9,10)(H,11,12). The molecule has 72 valence electrons. The molecule has 1 rings (SSSR count). The second-order valence-corrected chi connectivity index (χ2v) is 2.76. The molecule has 1 aromatic rings. The van der Waals surface area contributed by atoms with Gasteiger partial charge in [0, 0.05) is 18.4 Å². The third-order valence-corrected chi connectivity index (χ3v) is 1.89. The summed E-state index contributed by atoms with van der Waals surface area (Å²) in [5.74, 6) is -1.02. The number of aromatic amines is 1. The number of rotatable bonds is 4. The number of H-pyrrole nitrogens is 1. The van der Waals surface area contributed by atoms with Gasteiger partial charge in [0.1, 0.15) is 0 Å². The molecule has 13 heavy (non-hydrogen) atoms. The molecule has 0 saturated heterocycles. The van der Waals surface area contributed by atoms with Crippen molar-refractivity contribution in [2.75, 3.05) is 6.61 Å². The van der Waals surface area contributed by atoms with Gasteiger partial charge < -0.3 is 9.84 Å². The summed E-state index contributed by atoms with van der Waals surface area (Å²) in [7, 11) is 0. The number of nitrogens with zero attached hydrogens (tertiary/aromatic N) is 1. The average molecular weight is 184 g/mol. The van der Waals surface area contributed by atoms with E-state index in [4.69, 9.17) is 9.84 Å². The fourth-order valence-corrected chi connectivity index (χ4v) is 1.07. The lowest BCUT2D eigenvalue weighted by Gasteiger charge is -2.22. The van der Waals surface area contributed by atoms with Gasteiger partial charge in [-0.3, -0.25) is 5.10 Å². The average Bonchev–Trinajstić information content (AvgIpc) is 2.56. The molecule has 1 atom stereocenters. The highest BCUT2D eigenvalue weighted by atomic mass is 16.5. The molecule has 0 radical (unpaired) electrons.